The highest BCUT2D eigenvalue weighted by Crippen LogP contribution is 2.23. The van der Waals surface area contributed by atoms with Crippen LogP contribution in [0, 0.1) is 6.92 Å². The number of aromatic nitrogens is 1. The lowest BCUT2D eigenvalue weighted by molar-refractivity contribution is 0.402. The van der Waals surface area contributed by atoms with Crippen LogP contribution in [0.1, 0.15) is 16.0 Å². The minimum Gasteiger partial charge on any atom is -0.321 e. The van der Waals surface area contributed by atoms with E-state index in [9.17, 15) is 13.2 Å². The number of fused-ring (bicyclic) bond motifs is 1. The van der Waals surface area contributed by atoms with E-state index < -0.39 is 10.0 Å². The molecule has 1 N–H and O–H groups in total. The van der Waals surface area contributed by atoms with Gasteiger partial charge in [0.05, 0.1) is 10.4 Å². The van der Waals surface area contributed by atoms with E-state index in [1.807, 2.05) is 42.6 Å². The van der Waals surface area contributed by atoms with Crippen molar-refractivity contribution in [2.24, 2.45) is 0 Å². The van der Waals surface area contributed by atoms with Gasteiger partial charge in [0.15, 0.2) is 0 Å². The van der Waals surface area contributed by atoms with Crippen LogP contribution in [0.3, 0.4) is 0 Å². The van der Waals surface area contributed by atoms with E-state index in [2.05, 4.69) is 4.98 Å². The lowest BCUT2D eigenvalue weighted by Gasteiger charge is -2.22. The fraction of sp³-hybridized carbons (Fsp3) is 0.136. The summed E-state index contributed by atoms with van der Waals surface area (Å²) in [5.41, 5.74) is 1.89. The number of rotatable bonds is 6. The van der Waals surface area contributed by atoms with Crippen LogP contribution in [-0.4, -0.2) is 17.7 Å². The first-order chi connectivity index (χ1) is 13.9. The third kappa shape index (κ3) is 4.03. The first kappa shape index (κ1) is 19.6. The van der Waals surface area contributed by atoms with Crippen LogP contribution in [0.5, 0.6) is 0 Å². The number of para-hydroxylation sites is 1. The molecule has 5 nitrogen and oxygen atoms in total. The van der Waals surface area contributed by atoms with E-state index >= 15 is 0 Å². The summed E-state index contributed by atoms with van der Waals surface area (Å²) in [6, 6.07) is 19.6. The van der Waals surface area contributed by atoms with Crippen molar-refractivity contribution in [1.29, 1.82) is 0 Å². The molecule has 0 bridgehead atoms. The van der Waals surface area contributed by atoms with E-state index in [0.717, 1.165) is 21.3 Å². The molecule has 2 aromatic heterocycles. The summed E-state index contributed by atoms with van der Waals surface area (Å²) in [7, 11) is -3.77. The van der Waals surface area contributed by atoms with Gasteiger partial charge in [0.2, 0.25) is 10.0 Å². The molecule has 0 aliphatic heterocycles. The number of H-pyrrole nitrogens is 1. The standard InChI is InChI=1S/C22H20N2O3S2/c1-16-7-5-8-17-13-18(22(25)23-21(16)17)14-24(15-19-9-6-12-28-19)29(26,27)20-10-3-2-4-11-20/h2-13H,14-15H2,1H3,(H,23,25). The van der Waals surface area contributed by atoms with Crippen LogP contribution in [0.4, 0.5) is 0 Å². The van der Waals surface area contributed by atoms with E-state index in [1.54, 1.807) is 36.4 Å². The second-order valence-corrected chi connectivity index (χ2v) is 9.80. The largest absolute Gasteiger partial charge is 0.321 e. The number of pyridine rings is 1. The zero-order valence-electron chi connectivity index (χ0n) is 15.8. The number of nitrogens with zero attached hydrogens (tertiary/aromatic N) is 1. The van der Waals surface area contributed by atoms with Gasteiger partial charge >= 0.3 is 0 Å². The average Bonchev–Trinajstić information content (AvgIpc) is 3.23. The molecule has 0 spiro atoms. The van der Waals surface area contributed by atoms with Crippen molar-refractivity contribution in [2.75, 3.05) is 0 Å². The Morgan fingerprint density at radius 1 is 0.966 bits per heavy atom. The molecule has 4 aromatic rings. The molecule has 0 amide bonds. The molecule has 0 saturated heterocycles. The highest BCUT2D eigenvalue weighted by atomic mass is 32.2. The molecule has 0 aliphatic rings. The Hall–Kier alpha value is -2.74. The Labute approximate surface area is 173 Å². The minimum atomic E-state index is -3.77. The summed E-state index contributed by atoms with van der Waals surface area (Å²) >= 11 is 1.49. The number of hydrogen-bond acceptors (Lipinski definition) is 4. The molecule has 2 aromatic carbocycles. The molecule has 4 rings (SSSR count). The van der Waals surface area contributed by atoms with E-state index in [1.165, 1.54) is 15.6 Å². The smallest absolute Gasteiger partial charge is 0.252 e. The van der Waals surface area contributed by atoms with Gasteiger partial charge in [-0.15, -0.1) is 11.3 Å². The molecule has 0 radical (unpaired) electrons. The predicted molar refractivity (Wildman–Crippen MR) is 116 cm³/mol. The summed E-state index contributed by atoms with van der Waals surface area (Å²) in [6.07, 6.45) is 0. The van der Waals surface area contributed by atoms with Crippen molar-refractivity contribution in [3.8, 4) is 0 Å². The molecule has 0 atom stereocenters. The van der Waals surface area contributed by atoms with Gasteiger partial charge in [-0.2, -0.15) is 4.31 Å². The number of sulfonamides is 1. The van der Waals surface area contributed by atoms with Crippen molar-refractivity contribution in [3.63, 3.8) is 0 Å². The Morgan fingerprint density at radius 3 is 2.48 bits per heavy atom. The molecule has 0 fully saturated rings. The molecular formula is C22H20N2O3S2. The molecule has 148 valence electrons. The quantitative estimate of drug-likeness (QED) is 0.502. The van der Waals surface area contributed by atoms with Gasteiger partial charge in [-0.3, -0.25) is 4.79 Å². The van der Waals surface area contributed by atoms with Gasteiger partial charge in [0, 0.05) is 23.5 Å². The third-order valence-electron chi connectivity index (χ3n) is 4.80. The average molecular weight is 425 g/mol. The van der Waals surface area contributed by atoms with Crippen LogP contribution in [0.15, 0.2) is 81.8 Å². The van der Waals surface area contributed by atoms with Crippen molar-refractivity contribution >= 4 is 32.3 Å². The van der Waals surface area contributed by atoms with Gasteiger partial charge in [-0.05, 0) is 47.5 Å². The zero-order chi connectivity index (χ0) is 20.4. The predicted octanol–water partition coefficient (Wildman–Crippen LogP) is 4.29. The molecule has 0 aliphatic carbocycles. The maximum atomic E-state index is 13.3. The number of aromatic amines is 1. The molecule has 29 heavy (non-hydrogen) atoms. The summed E-state index contributed by atoms with van der Waals surface area (Å²) in [6.45, 7) is 2.13. The Balaban J connectivity index is 1.77. The summed E-state index contributed by atoms with van der Waals surface area (Å²) in [5, 5.41) is 2.79. The summed E-state index contributed by atoms with van der Waals surface area (Å²) in [4.78, 5) is 16.7. The van der Waals surface area contributed by atoms with Crippen molar-refractivity contribution in [1.82, 2.24) is 9.29 Å². The van der Waals surface area contributed by atoms with Crippen LogP contribution >= 0.6 is 11.3 Å². The summed E-state index contributed by atoms with van der Waals surface area (Å²) < 4.78 is 28.0. The Kier molecular flexibility index (Phi) is 5.36. The van der Waals surface area contributed by atoms with E-state index in [-0.39, 0.29) is 23.5 Å². The normalized spacial score (nSPS) is 11.9. The molecule has 0 unspecified atom stereocenters. The second-order valence-electron chi connectivity index (χ2n) is 6.83. The van der Waals surface area contributed by atoms with Gasteiger partial charge in [0.25, 0.3) is 5.56 Å². The third-order valence-corrected chi connectivity index (χ3v) is 7.47. The maximum Gasteiger partial charge on any atom is 0.252 e. The minimum absolute atomic E-state index is 0.00561. The first-order valence-electron chi connectivity index (χ1n) is 9.14. The van der Waals surface area contributed by atoms with Crippen molar-refractivity contribution in [3.05, 3.63) is 98.5 Å². The maximum absolute atomic E-state index is 13.3. The number of hydrogen-bond donors (Lipinski definition) is 1. The number of aryl methyl sites for hydroxylation is 1. The number of thiophene rings is 1. The SMILES string of the molecule is Cc1cccc2cc(CN(Cc3cccs3)S(=O)(=O)c3ccccc3)c(=O)[nH]c12. The molecule has 0 saturated carbocycles. The monoisotopic (exact) mass is 424 g/mol. The second kappa shape index (κ2) is 7.94. The van der Waals surface area contributed by atoms with Crippen LogP contribution in [-0.2, 0) is 23.1 Å². The molecule has 7 heteroatoms. The Bertz CT molecular complexity index is 1300. The lowest BCUT2D eigenvalue weighted by atomic mass is 10.1. The summed E-state index contributed by atoms with van der Waals surface area (Å²) in [5.74, 6) is 0. The number of benzene rings is 2. The van der Waals surface area contributed by atoms with Crippen LogP contribution < -0.4 is 5.56 Å². The lowest BCUT2D eigenvalue weighted by Crippen LogP contribution is -2.32. The highest BCUT2D eigenvalue weighted by Gasteiger charge is 2.26. The molecule has 2 heterocycles. The van der Waals surface area contributed by atoms with E-state index in [0.29, 0.717) is 5.56 Å². The fourth-order valence-electron chi connectivity index (χ4n) is 3.28. The van der Waals surface area contributed by atoms with Crippen molar-refractivity contribution in [2.45, 2.75) is 24.9 Å². The zero-order valence-corrected chi connectivity index (χ0v) is 17.5. The first-order valence-corrected chi connectivity index (χ1v) is 11.5. The Morgan fingerprint density at radius 2 is 1.76 bits per heavy atom. The fourth-order valence-corrected chi connectivity index (χ4v) is 5.50. The van der Waals surface area contributed by atoms with Gasteiger partial charge in [-0.1, -0.05) is 42.5 Å². The van der Waals surface area contributed by atoms with Gasteiger partial charge in [-0.25, -0.2) is 8.42 Å². The molecular weight excluding hydrogens is 404 g/mol. The number of nitrogens with one attached hydrogen (secondary N) is 1. The van der Waals surface area contributed by atoms with Crippen molar-refractivity contribution < 1.29 is 8.42 Å². The highest BCUT2D eigenvalue weighted by molar-refractivity contribution is 7.89. The van der Waals surface area contributed by atoms with E-state index in [4.69, 9.17) is 0 Å². The topological polar surface area (TPSA) is 70.2 Å². The van der Waals surface area contributed by atoms with Gasteiger partial charge < -0.3 is 4.98 Å². The van der Waals surface area contributed by atoms with Gasteiger partial charge in [0.1, 0.15) is 0 Å². The van der Waals surface area contributed by atoms with Crippen LogP contribution in [0.2, 0.25) is 0 Å². The van der Waals surface area contributed by atoms with Crippen LogP contribution in [0.25, 0.3) is 10.9 Å².